The SMILES string of the molecule is CC(C)[C@@H](CN)NC(=O)OC(C)(C)C.CC(C)[C@@H](CNC(=O)OCCBr)NC(=O)OC(C)(C)C. The number of hydrogen-bond donors (Lipinski definition) is 4. The molecule has 5 N–H and O–H groups in total. The average Bonchev–Trinajstić information content (AvgIpc) is 2.64. The minimum atomic E-state index is -0.548. The molecule has 0 aliphatic heterocycles. The predicted octanol–water partition coefficient (Wildman–Crippen LogP) is 4.15. The summed E-state index contributed by atoms with van der Waals surface area (Å²) in [6.45, 7) is 19.8. The number of alkyl carbamates (subject to hydrolysis) is 3. The summed E-state index contributed by atoms with van der Waals surface area (Å²) in [7, 11) is 0. The second-order valence-electron chi connectivity index (χ2n) is 10.4. The van der Waals surface area contributed by atoms with Gasteiger partial charge < -0.3 is 35.9 Å². The average molecular weight is 556 g/mol. The van der Waals surface area contributed by atoms with E-state index in [0.29, 0.717) is 24.4 Å². The number of nitrogens with two attached hydrogens (primary N) is 1. The molecule has 0 saturated carbocycles. The van der Waals surface area contributed by atoms with Gasteiger partial charge >= 0.3 is 18.3 Å². The number of ether oxygens (including phenoxy) is 3. The monoisotopic (exact) mass is 554 g/mol. The van der Waals surface area contributed by atoms with E-state index in [1.807, 2.05) is 48.5 Å². The van der Waals surface area contributed by atoms with Crippen LogP contribution in [0.3, 0.4) is 0 Å². The number of alkyl halides is 1. The van der Waals surface area contributed by atoms with Gasteiger partial charge in [-0.05, 0) is 53.4 Å². The Balaban J connectivity index is 0. The lowest BCUT2D eigenvalue weighted by Gasteiger charge is -2.25. The van der Waals surface area contributed by atoms with Crippen molar-refractivity contribution in [1.29, 1.82) is 0 Å². The summed E-state index contributed by atoms with van der Waals surface area (Å²) in [4.78, 5) is 34.4. The molecular weight excluding hydrogens is 508 g/mol. The van der Waals surface area contributed by atoms with Crippen molar-refractivity contribution in [3.63, 3.8) is 0 Å². The predicted molar refractivity (Wildman–Crippen MR) is 138 cm³/mol. The molecule has 34 heavy (non-hydrogen) atoms. The van der Waals surface area contributed by atoms with Gasteiger partial charge in [-0.15, -0.1) is 0 Å². The first-order valence-electron chi connectivity index (χ1n) is 11.6. The van der Waals surface area contributed by atoms with Crippen LogP contribution in [0.4, 0.5) is 14.4 Å². The third-order valence-electron chi connectivity index (χ3n) is 4.04. The minimum Gasteiger partial charge on any atom is -0.449 e. The molecular formula is C23H47BrN4O6. The van der Waals surface area contributed by atoms with Gasteiger partial charge in [-0.3, -0.25) is 0 Å². The first-order valence-corrected chi connectivity index (χ1v) is 12.7. The van der Waals surface area contributed by atoms with Gasteiger partial charge in [0, 0.05) is 24.5 Å². The zero-order valence-electron chi connectivity index (χ0n) is 22.5. The Hall–Kier alpha value is -1.75. The van der Waals surface area contributed by atoms with Gasteiger partial charge in [-0.1, -0.05) is 43.6 Å². The highest BCUT2D eigenvalue weighted by atomic mass is 79.9. The molecule has 0 aromatic carbocycles. The standard InChI is InChI=1S/C13H25BrN2O4.C10H22N2O2/c1-9(2)10(8-15-11(17)19-7-6-14)16-12(18)20-13(3,4)5;1-7(2)8(6-11)12-9(13)14-10(3,4)5/h9-10H,6-8H2,1-5H3,(H,15,17)(H,16,18);7-8H,6,11H2,1-5H3,(H,12,13)/t10-;8-/m11/s1. The zero-order chi connectivity index (χ0) is 27.1. The maximum atomic E-state index is 11.7. The smallest absolute Gasteiger partial charge is 0.407 e. The molecule has 0 aromatic heterocycles. The van der Waals surface area contributed by atoms with Gasteiger partial charge in [0.05, 0.1) is 6.04 Å². The summed E-state index contributed by atoms with van der Waals surface area (Å²) >= 11 is 3.16. The number of amides is 3. The van der Waals surface area contributed by atoms with Crippen molar-refractivity contribution in [2.45, 2.75) is 92.5 Å². The Labute approximate surface area is 213 Å². The third kappa shape index (κ3) is 20.8. The Kier molecular flexibility index (Phi) is 17.0. The second kappa shape index (κ2) is 16.8. The van der Waals surface area contributed by atoms with Crippen molar-refractivity contribution in [2.24, 2.45) is 17.6 Å². The summed E-state index contributed by atoms with van der Waals surface area (Å²) in [5, 5.41) is 8.68. The van der Waals surface area contributed by atoms with Gasteiger partial charge in [-0.25, -0.2) is 14.4 Å². The largest absolute Gasteiger partial charge is 0.449 e. The fourth-order valence-corrected chi connectivity index (χ4v) is 2.41. The Morgan fingerprint density at radius 3 is 1.53 bits per heavy atom. The summed E-state index contributed by atoms with van der Waals surface area (Å²) in [6, 6.07) is -0.244. The quantitative estimate of drug-likeness (QED) is 0.247. The minimum absolute atomic E-state index is 0.0233. The molecule has 0 fully saturated rings. The number of carbonyl (C=O) groups is 3. The molecule has 0 aliphatic carbocycles. The molecule has 10 nitrogen and oxygen atoms in total. The highest BCUT2D eigenvalue weighted by Crippen LogP contribution is 2.09. The number of rotatable bonds is 9. The van der Waals surface area contributed by atoms with Crippen molar-refractivity contribution in [2.75, 3.05) is 25.0 Å². The first-order chi connectivity index (χ1) is 15.4. The highest BCUT2D eigenvalue weighted by molar-refractivity contribution is 9.09. The Bertz CT molecular complexity index is 603. The van der Waals surface area contributed by atoms with E-state index in [0.717, 1.165) is 0 Å². The van der Waals surface area contributed by atoms with E-state index in [9.17, 15) is 14.4 Å². The van der Waals surface area contributed by atoms with Crippen molar-refractivity contribution in [3.05, 3.63) is 0 Å². The molecule has 0 bridgehead atoms. The molecule has 11 heteroatoms. The van der Waals surface area contributed by atoms with Crippen LogP contribution in [0.25, 0.3) is 0 Å². The van der Waals surface area contributed by atoms with Crippen LogP contribution >= 0.6 is 15.9 Å². The van der Waals surface area contributed by atoms with Crippen LogP contribution < -0.4 is 21.7 Å². The topological polar surface area (TPSA) is 141 Å². The maximum Gasteiger partial charge on any atom is 0.407 e. The number of carbonyl (C=O) groups excluding carboxylic acids is 3. The molecule has 3 amide bonds. The van der Waals surface area contributed by atoms with E-state index < -0.39 is 29.5 Å². The van der Waals surface area contributed by atoms with E-state index in [-0.39, 0.29) is 24.5 Å². The second-order valence-corrected chi connectivity index (χ2v) is 11.2. The van der Waals surface area contributed by atoms with Gasteiger partial charge in [0.1, 0.15) is 17.8 Å². The molecule has 2 atom stereocenters. The normalized spacial score (nSPS) is 13.2. The molecule has 0 rings (SSSR count). The molecule has 0 radical (unpaired) electrons. The van der Waals surface area contributed by atoms with E-state index in [1.165, 1.54) is 0 Å². The Morgan fingerprint density at radius 1 is 0.794 bits per heavy atom. The van der Waals surface area contributed by atoms with Crippen molar-refractivity contribution in [1.82, 2.24) is 16.0 Å². The van der Waals surface area contributed by atoms with E-state index >= 15 is 0 Å². The summed E-state index contributed by atoms with van der Waals surface area (Å²) in [5.41, 5.74) is 4.51. The van der Waals surface area contributed by atoms with E-state index in [1.54, 1.807) is 20.8 Å². The van der Waals surface area contributed by atoms with Crippen LogP contribution in [0, 0.1) is 11.8 Å². The number of halogens is 1. The van der Waals surface area contributed by atoms with Gasteiger partial charge in [0.2, 0.25) is 0 Å². The van der Waals surface area contributed by atoms with Crippen LogP contribution in [0.5, 0.6) is 0 Å². The lowest BCUT2D eigenvalue weighted by Crippen LogP contribution is -2.48. The molecule has 202 valence electrons. The lowest BCUT2D eigenvalue weighted by molar-refractivity contribution is 0.0479. The number of nitrogens with one attached hydrogen (secondary N) is 3. The van der Waals surface area contributed by atoms with Gasteiger partial charge in [0.25, 0.3) is 0 Å². The summed E-state index contributed by atoms with van der Waals surface area (Å²) in [5.74, 6) is 0.464. The summed E-state index contributed by atoms with van der Waals surface area (Å²) in [6.07, 6.45) is -1.39. The van der Waals surface area contributed by atoms with Crippen LogP contribution in [0.2, 0.25) is 0 Å². The van der Waals surface area contributed by atoms with Crippen LogP contribution in [-0.2, 0) is 14.2 Å². The molecule has 0 heterocycles. The molecule has 0 aromatic rings. The van der Waals surface area contributed by atoms with Crippen LogP contribution in [0.1, 0.15) is 69.2 Å². The molecule has 0 aliphatic rings. The maximum absolute atomic E-state index is 11.7. The Morgan fingerprint density at radius 2 is 1.21 bits per heavy atom. The fourth-order valence-electron chi connectivity index (χ4n) is 2.24. The third-order valence-corrected chi connectivity index (χ3v) is 4.37. The lowest BCUT2D eigenvalue weighted by atomic mass is 10.1. The molecule has 0 saturated heterocycles. The number of hydrogen-bond acceptors (Lipinski definition) is 7. The van der Waals surface area contributed by atoms with Crippen molar-refractivity contribution < 1.29 is 28.6 Å². The van der Waals surface area contributed by atoms with Gasteiger partial charge in [-0.2, -0.15) is 0 Å². The van der Waals surface area contributed by atoms with Gasteiger partial charge in [0.15, 0.2) is 0 Å². The van der Waals surface area contributed by atoms with E-state index in [4.69, 9.17) is 19.9 Å². The molecule has 0 unspecified atom stereocenters. The fraction of sp³-hybridized carbons (Fsp3) is 0.870. The molecule has 0 spiro atoms. The van der Waals surface area contributed by atoms with E-state index in [2.05, 4.69) is 31.9 Å². The van der Waals surface area contributed by atoms with Crippen LogP contribution in [-0.4, -0.2) is 66.6 Å². The first kappa shape index (κ1) is 34.4. The zero-order valence-corrected chi connectivity index (χ0v) is 24.1. The van der Waals surface area contributed by atoms with Crippen LogP contribution in [0.15, 0.2) is 0 Å². The van der Waals surface area contributed by atoms with Crippen molar-refractivity contribution in [3.8, 4) is 0 Å². The highest BCUT2D eigenvalue weighted by Gasteiger charge is 2.22. The summed E-state index contributed by atoms with van der Waals surface area (Å²) < 4.78 is 15.2. The van der Waals surface area contributed by atoms with Crippen molar-refractivity contribution >= 4 is 34.2 Å².